The number of hydrogen-bond acceptors (Lipinski definition) is 3. The van der Waals surface area contributed by atoms with Crippen LogP contribution in [-0.2, 0) is 0 Å². The molecule has 0 aliphatic carbocycles. The molecule has 0 aromatic heterocycles. The molecule has 1 fully saturated rings. The third-order valence-electron chi connectivity index (χ3n) is 2.94. The molecule has 1 aliphatic heterocycles. The topological polar surface area (TPSA) is 49.5 Å². The SMILES string of the molecule is CC(CO)CN1CCC(N)C(C)C1. The van der Waals surface area contributed by atoms with Gasteiger partial charge in [-0.15, -0.1) is 0 Å². The van der Waals surface area contributed by atoms with E-state index in [0.29, 0.717) is 17.9 Å². The van der Waals surface area contributed by atoms with E-state index in [1.54, 1.807) is 0 Å². The van der Waals surface area contributed by atoms with E-state index in [-0.39, 0.29) is 6.61 Å². The van der Waals surface area contributed by atoms with E-state index in [0.717, 1.165) is 26.1 Å². The van der Waals surface area contributed by atoms with Gasteiger partial charge in [0.05, 0.1) is 0 Å². The van der Waals surface area contributed by atoms with Crippen LogP contribution < -0.4 is 5.73 Å². The van der Waals surface area contributed by atoms with E-state index >= 15 is 0 Å². The maximum Gasteiger partial charge on any atom is 0.0468 e. The highest BCUT2D eigenvalue weighted by Gasteiger charge is 2.23. The molecule has 0 aromatic rings. The third kappa shape index (κ3) is 3.25. The van der Waals surface area contributed by atoms with Gasteiger partial charge in [0.25, 0.3) is 0 Å². The second-order valence-corrected chi connectivity index (χ2v) is 4.48. The first-order valence-electron chi connectivity index (χ1n) is 5.22. The Morgan fingerprint density at radius 1 is 1.62 bits per heavy atom. The van der Waals surface area contributed by atoms with Crippen LogP contribution in [0.1, 0.15) is 20.3 Å². The zero-order chi connectivity index (χ0) is 9.84. The average Bonchev–Trinajstić information content (AvgIpc) is 2.11. The summed E-state index contributed by atoms with van der Waals surface area (Å²) in [6.45, 7) is 7.77. The minimum Gasteiger partial charge on any atom is -0.396 e. The molecule has 78 valence electrons. The first kappa shape index (κ1) is 11.0. The molecule has 0 aromatic carbocycles. The normalized spacial score (nSPS) is 33.2. The number of hydrogen-bond donors (Lipinski definition) is 2. The Balaban J connectivity index is 2.29. The lowest BCUT2D eigenvalue weighted by Crippen LogP contribution is -2.47. The molecule has 13 heavy (non-hydrogen) atoms. The number of nitrogens with two attached hydrogens (primary N) is 1. The van der Waals surface area contributed by atoms with E-state index in [1.165, 1.54) is 0 Å². The predicted octanol–water partition coefficient (Wildman–Crippen LogP) is 0.284. The summed E-state index contributed by atoms with van der Waals surface area (Å²) in [6, 6.07) is 0.376. The summed E-state index contributed by atoms with van der Waals surface area (Å²) in [6.07, 6.45) is 1.10. The van der Waals surface area contributed by atoms with Crippen molar-refractivity contribution in [3.63, 3.8) is 0 Å². The first-order chi connectivity index (χ1) is 6.13. The molecule has 0 spiro atoms. The number of aliphatic hydroxyl groups is 1. The van der Waals surface area contributed by atoms with Crippen LogP contribution in [0.2, 0.25) is 0 Å². The molecule has 3 heteroatoms. The van der Waals surface area contributed by atoms with E-state index in [2.05, 4.69) is 18.7 Å². The molecule has 3 N–H and O–H groups in total. The standard InChI is InChI=1S/C10H22N2O/c1-8(7-13)5-12-4-3-10(11)9(2)6-12/h8-10,13H,3-7,11H2,1-2H3. The minimum atomic E-state index is 0.289. The van der Waals surface area contributed by atoms with Crippen molar-refractivity contribution in [1.29, 1.82) is 0 Å². The lowest BCUT2D eigenvalue weighted by atomic mass is 9.94. The van der Waals surface area contributed by atoms with Crippen LogP contribution in [0.5, 0.6) is 0 Å². The van der Waals surface area contributed by atoms with Crippen LogP contribution in [0.4, 0.5) is 0 Å². The highest BCUT2D eigenvalue weighted by atomic mass is 16.3. The van der Waals surface area contributed by atoms with Gasteiger partial charge >= 0.3 is 0 Å². The smallest absolute Gasteiger partial charge is 0.0468 e. The van der Waals surface area contributed by atoms with Crippen molar-refractivity contribution in [2.45, 2.75) is 26.3 Å². The van der Waals surface area contributed by atoms with Crippen LogP contribution in [-0.4, -0.2) is 42.3 Å². The molecule has 1 aliphatic rings. The van der Waals surface area contributed by atoms with E-state index in [1.807, 2.05) is 0 Å². The van der Waals surface area contributed by atoms with E-state index in [4.69, 9.17) is 10.8 Å². The Morgan fingerprint density at radius 2 is 2.31 bits per heavy atom. The maximum absolute atomic E-state index is 8.93. The molecule has 0 bridgehead atoms. The van der Waals surface area contributed by atoms with Crippen molar-refractivity contribution >= 4 is 0 Å². The summed E-state index contributed by atoms with van der Waals surface area (Å²) in [5.41, 5.74) is 5.93. The first-order valence-corrected chi connectivity index (χ1v) is 5.22. The number of nitrogens with zero attached hydrogens (tertiary/aromatic N) is 1. The van der Waals surface area contributed by atoms with Crippen molar-refractivity contribution in [3.05, 3.63) is 0 Å². The molecular weight excluding hydrogens is 164 g/mol. The molecule has 3 atom stereocenters. The van der Waals surface area contributed by atoms with Crippen molar-refractivity contribution in [1.82, 2.24) is 4.90 Å². The van der Waals surface area contributed by atoms with E-state index in [9.17, 15) is 0 Å². The predicted molar refractivity (Wildman–Crippen MR) is 54.4 cm³/mol. The van der Waals surface area contributed by atoms with Gasteiger partial charge in [-0.05, 0) is 24.8 Å². The zero-order valence-electron chi connectivity index (χ0n) is 8.74. The molecule has 1 saturated heterocycles. The van der Waals surface area contributed by atoms with Crippen molar-refractivity contribution < 1.29 is 5.11 Å². The van der Waals surface area contributed by atoms with Crippen LogP contribution in [0.15, 0.2) is 0 Å². The molecule has 3 nitrogen and oxygen atoms in total. The van der Waals surface area contributed by atoms with Crippen LogP contribution in [0, 0.1) is 11.8 Å². The van der Waals surface area contributed by atoms with E-state index < -0.39 is 0 Å². The Kier molecular flexibility index (Phi) is 4.16. The van der Waals surface area contributed by atoms with Gasteiger partial charge < -0.3 is 15.7 Å². The van der Waals surface area contributed by atoms with Gasteiger partial charge in [-0.1, -0.05) is 13.8 Å². The maximum atomic E-state index is 8.93. The van der Waals surface area contributed by atoms with Crippen LogP contribution in [0.3, 0.4) is 0 Å². The fourth-order valence-electron chi connectivity index (χ4n) is 1.91. The van der Waals surface area contributed by atoms with Crippen molar-refractivity contribution in [2.24, 2.45) is 17.6 Å². The summed E-state index contributed by atoms with van der Waals surface area (Å²) in [7, 11) is 0. The Morgan fingerprint density at radius 3 is 2.85 bits per heavy atom. The van der Waals surface area contributed by atoms with Crippen LogP contribution >= 0.6 is 0 Å². The second kappa shape index (κ2) is 4.94. The lowest BCUT2D eigenvalue weighted by Gasteiger charge is -2.36. The van der Waals surface area contributed by atoms with Gasteiger partial charge in [-0.25, -0.2) is 0 Å². The molecule has 0 saturated carbocycles. The largest absolute Gasteiger partial charge is 0.396 e. The van der Waals surface area contributed by atoms with Gasteiger partial charge in [-0.3, -0.25) is 0 Å². The van der Waals surface area contributed by atoms with Crippen molar-refractivity contribution in [2.75, 3.05) is 26.2 Å². The fourth-order valence-corrected chi connectivity index (χ4v) is 1.91. The average molecular weight is 186 g/mol. The van der Waals surface area contributed by atoms with Gasteiger partial charge in [0, 0.05) is 25.7 Å². The molecular formula is C10H22N2O. The second-order valence-electron chi connectivity index (χ2n) is 4.48. The molecule has 1 rings (SSSR count). The fraction of sp³-hybridized carbons (Fsp3) is 1.00. The third-order valence-corrected chi connectivity index (χ3v) is 2.94. The van der Waals surface area contributed by atoms with Crippen molar-refractivity contribution in [3.8, 4) is 0 Å². The summed E-state index contributed by atoms with van der Waals surface area (Å²) < 4.78 is 0. The Bertz CT molecular complexity index is 150. The quantitative estimate of drug-likeness (QED) is 0.666. The number of rotatable bonds is 3. The Hall–Kier alpha value is -0.120. The minimum absolute atomic E-state index is 0.289. The highest BCUT2D eigenvalue weighted by Crippen LogP contribution is 2.15. The Labute approximate surface area is 80.9 Å². The summed E-state index contributed by atoms with van der Waals surface area (Å²) in [5.74, 6) is 0.987. The van der Waals surface area contributed by atoms with Gasteiger partial charge in [0.2, 0.25) is 0 Å². The van der Waals surface area contributed by atoms with Crippen LogP contribution in [0.25, 0.3) is 0 Å². The molecule has 1 heterocycles. The van der Waals surface area contributed by atoms with Gasteiger partial charge in [0.1, 0.15) is 0 Å². The molecule has 0 radical (unpaired) electrons. The number of piperidine rings is 1. The summed E-state index contributed by atoms with van der Waals surface area (Å²) in [4.78, 5) is 2.41. The number of aliphatic hydroxyl groups excluding tert-OH is 1. The molecule has 0 amide bonds. The van der Waals surface area contributed by atoms with Gasteiger partial charge in [0.15, 0.2) is 0 Å². The monoisotopic (exact) mass is 186 g/mol. The lowest BCUT2D eigenvalue weighted by molar-refractivity contribution is 0.123. The molecule has 3 unspecified atom stereocenters. The summed E-state index contributed by atoms with van der Waals surface area (Å²) >= 11 is 0. The highest BCUT2D eigenvalue weighted by molar-refractivity contribution is 4.80. The number of likely N-dealkylation sites (tertiary alicyclic amines) is 1. The van der Waals surface area contributed by atoms with Gasteiger partial charge in [-0.2, -0.15) is 0 Å². The summed E-state index contributed by atoms with van der Waals surface area (Å²) in [5, 5.41) is 8.93. The zero-order valence-corrected chi connectivity index (χ0v) is 8.74.